The van der Waals surface area contributed by atoms with E-state index in [4.69, 9.17) is 11.2 Å². The van der Waals surface area contributed by atoms with Crippen molar-refractivity contribution in [2.45, 2.75) is 19.8 Å². The summed E-state index contributed by atoms with van der Waals surface area (Å²) in [6.07, 6.45) is 5.50. The lowest BCUT2D eigenvalue weighted by Crippen LogP contribution is -2.09. The second-order valence-corrected chi connectivity index (χ2v) is 2.88. The van der Waals surface area contributed by atoms with Crippen LogP contribution >= 0.6 is 0 Å². The molecule has 0 heterocycles. The smallest absolute Gasteiger partial charge is 0.333 e. The number of carbonyl (C=O) groups is 2. The Morgan fingerprint density at radius 1 is 1.40 bits per heavy atom. The predicted octanol–water partition coefficient (Wildman–Crippen LogP) is 1.06. The van der Waals surface area contributed by atoms with Gasteiger partial charge in [-0.05, 0) is 13.3 Å². The number of rotatable bonds is 6. The first-order chi connectivity index (χ1) is 7.07. The lowest BCUT2D eigenvalue weighted by atomic mass is 10.3. The third kappa shape index (κ3) is 7.32. The van der Waals surface area contributed by atoms with E-state index in [0.717, 1.165) is 0 Å². The van der Waals surface area contributed by atoms with E-state index >= 15 is 0 Å². The van der Waals surface area contributed by atoms with Crippen molar-refractivity contribution in [2.24, 2.45) is 0 Å². The van der Waals surface area contributed by atoms with Gasteiger partial charge in [0.25, 0.3) is 0 Å². The van der Waals surface area contributed by atoms with Crippen LogP contribution in [0.5, 0.6) is 0 Å². The van der Waals surface area contributed by atoms with Gasteiger partial charge < -0.3 is 9.47 Å². The van der Waals surface area contributed by atoms with Crippen LogP contribution in [0.15, 0.2) is 12.2 Å². The van der Waals surface area contributed by atoms with Gasteiger partial charge in [-0.3, -0.25) is 4.79 Å². The maximum Gasteiger partial charge on any atom is 0.333 e. The molecule has 0 aromatic heterocycles. The number of esters is 2. The third-order valence-electron chi connectivity index (χ3n) is 1.42. The van der Waals surface area contributed by atoms with Gasteiger partial charge >= 0.3 is 11.9 Å². The standard InChI is InChI=1S/C11H14O4/c1-4-7-14-10(12)6-5-8-15-11(13)9(2)3/h1H,2,5-8H2,3H3. The molecule has 0 aliphatic carbocycles. The largest absolute Gasteiger partial charge is 0.462 e. The molecule has 0 amide bonds. The van der Waals surface area contributed by atoms with Crippen LogP contribution in [0, 0.1) is 12.3 Å². The van der Waals surface area contributed by atoms with Crippen molar-refractivity contribution >= 4 is 11.9 Å². The Morgan fingerprint density at radius 3 is 2.60 bits per heavy atom. The van der Waals surface area contributed by atoms with E-state index in [0.29, 0.717) is 12.0 Å². The zero-order chi connectivity index (χ0) is 11.7. The molecule has 0 aromatic rings. The lowest BCUT2D eigenvalue weighted by Gasteiger charge is -2.03. The zero-order valence-corrected chi connectivity index (χ0v) is 8.75. The summed E-state index contributed by atoms with van der Waals surface area (Å²) in [7, 11) is 0. The van der Waals surface area contributed by atoms with Gasteiger partial charge in [-0.15, -0.1) is 6.42 Å². The normalized spacial score (nSPS) is 8.80. The molecule has 0 N–H and O–H groups in total. The molecule has 4 heteroatoms. The van der Waals surface area contributed by atoms with Gasteiger partial charge in [0.1, 0.15) is 0 Å². The fraction of sp³-hybridized carbons (Fsp3) is 0.455. The molecule has 0 aliphatic rings. The Kier molecular flexibility index (Phi) is 6.73. The topological polar surface area (TPSA) is 52.6 Å². The van der Waals surface area contributed by atoms with Gasteiger partial charge in [0.05, 0.1) is 6.61 Å². The first-order valence-corrected chi connectivity index (χ1v) is 4.49. The first-order valence-electron chi connectivity index (χ1n) is 4.49. The lowest BCUT2D eigenvalue weighted by molar-refractivity contribution is -0.144. The molecule has 0 bridgehead atoms. The van der Waals surface area contributed by atoms with E-state index in [1.165, 1.54) is 0 Å². The van der Waals surface area contributed by atoms with Gasteiger partial charge in [-0.2, -0.15) is 0 Å². The number of carbonyl (C=O) groups excluding carboxylic acids is 2. The molecular formula is C11H14O4. The van der Waals surface area contributed by atoms with Gasteiger partial charge in [0.2, 0.25) is 0 Å². The van der Waals surface area contributed by atoms with E-state index in [-0.39, 0.29) is 25.6 Å². The van der Waals surface area contributed by atoms with Crippen LogP contribution < -0.4 is 0 Å². The zero-order valence-electron chi connectivity index (χ0n) is 8.75. The fourth-order valence-corrected chi connectivity index (χ4v) is 0.699. The molecule has 15 heavy (non-hydrogen) atoms. The van der Waals surface area contributed by atoms with Crippen molar-refractivity contribution in [3.05, 3.63) is 12.2 Å². The Morgan fingerprint density at radius 2 is 2.07 bits per heavy atom. The average Bonchev–Trinajstić information content (AvgIpc) is 2.20. The van der Waals surface area contributed by atoms with Crippen molar-refractivity contribution in [1.82, 2.24) is 0 Å². The summed E-state index contributed by atoms with van der Waals surface area (Å²) in [4.78, 5) is 21.8. The van der Waals surface area contributed by atoms with Crippen LogP contribution in [-0.4, -0.2) is 25.2 Å². The minimum absolute atomic E-state index is 0.0234. The summed E-state index contributed by atoms with van der Waals surface area (Å²) in [5, 5.41) is 0. The van der Waals surface area contributed by atoms with Crippen LogP contribution in [0.2, 0.25) is 0 Å². The first kappa shape index (κ1) is 13.2. The van der Waals surface area contributed by atoms with Crippen LogP contribution in [0.1, 0.15) is 19.8 Å². The summed E-state index contributed by atoms with van der Waals surface area (Å²) in [5.74, 6) is 1.34. The van der Waals surface area contributed by atoms with Crippen molar-refractivity contribution < 1.29 is 19.1 Å². The summed E-state index contributed by atoms with van der Waals surface area (Å²) in [6.45, 7) is 5.13. The second-order valence-electron chi connectivity index (χ2n) is 2.88. The van der Waals surface area contributed by atoms with Crippen molar-refractivity contribution in [3.8, 4) is 12.3 Å². The molecule has 0 saturated heterocycles. The van der Waals surface area contributed by atoms with Crippen LogP contribution in [0.4, 0.5) is 0 Å². The molecule has 0 aromatic carbocycles. The Bertz CT molecular complexity index is 285. The third-order valence-corrected chi connectivity index (χ3v) is 1.42. The van der Waals surface area contributed by atoms with Gasteiger partial charge in [0.15, 0.2) is 6.61 Å². The van der Waals surface area contributed by atoms with Crippen LogP contribution in [0.25, 0.3) is 0 Å². The Hall–Kier alpha value is -1.76. The minimum Gasteiger partial charge on any atom is -0.462 e. The molecule has 0 aliphatic heterocycles. The highest BCUT2D eigenvalue weighted by Crippen LogP contribution is 1.97. The molecule has 0 saturated carbocycles. The highest BCUT2D eigenvalue weighted by Gasteiger charge is 2.05. The Labute approximate surface area is 89.2 Å². The summed E-state index contributed by atoms with van der Waals surface area (Å²) >= 11 is 0. The van der Waals surface area contributed by atoms with E-state index in [9.17, 15) is 9.59 Å². The average molecular weight is 210 g/mol. The highest BCUT2D eigenvalue weighted by molar-refractivity contribution is 5.86. The van der Waals surface area contributed by atoms with Gasteiger partial charge in [-0.25, -0.2) is 4.79 Å². The van der Waals surface area contributed by atoms with Gasteiger partial charge in [-0.1, -0.05) is 12.5 Å². The van der Waals surface area contributed by atoms with Crippen LogP contribution in [-0.2, 0) is 19.1 Å². The maximum atomic E-state index is 10.9. The number of ether oxygens (including phenoxy) is 2. The van der Waals surface area contributed by atoms with E-state index < -0.39 is 5.97 Å². The molecule has 0 spiro atoms. The van der Waals surface area contributed by atoms with Crippen molar-refractivity contribution in [1.29, 1.82) is 0 Å². The highest BCUT2D eigenvalue weighted by atomic mass is 16.5. The monoisotopic (exact) mass is 210 g/mol. The van der Waals surface area contributed by atoms with E-state index in [1.54, 1.807) is 6.92 Å². The van der Waals surface area contributed by atoms with E-state index in [2.05, 4.69) is 17.2 Å². The summed E-state index contributed by atoms with van der Waals surface area (Å²) in [6, 6.07) is 0. The summed E-state index contributed by atoms with van der Waals surface area (Å²) in [5.41, 5.74) is 0.338. The minimum atomic E-state index is -0.452. The predicted molar refractivity (Wildman–Crippen MR) is 54.8 cm³/mol. The molecule has 0 fully saturated rings. The number of terminal acetylenes is 1. The van der Waals surface area contributed by atoms with Crippen molar-refractivity contribution in [2.75, 3.05) is 13.2 Å². The van der Waals surface area contributed by atoms with Gasteiger partial charge in [0, 0.05) is 12.0 Å². The SMILES string of the molecule is C#CCOC(=O)CCCOC(=O)C(=C)C. The van der Waals surface area contributed by atoms with E-state index in [1.807, 2.05) is 0 Å². The molecule has 0 rings (SSSR count). The van der Waals surface area contributed by atoms with Crippen LogP contribution in [0.3, 0.4) is 0 Å². The fourth-order valence-electron chi connectivity index (χ4n) is 0.699. The molecule has 0 unspecified atom stereocenters. The molecular weight excluding hydrogens is 196 g/mol. The summed E-state index contributed by atoms with van der Waals surface area (Å²) < 4.78 is 9.38. The molecule has 4 nitrogen and oxygen atoms in total. The molecule has 0 radical (unpaired) electrons. The van der Waals surface area contributed by atoms with Crippen molar-refractivity contribution in [3.63, 3.8) is 0 Å². The molecule has 82 valence electrons. The molecule has 0 atom stereocenters. The second kappa shape index (κ2) is 7.63. The number of hydrogen-bond acceptors (Lipinski definition) is 4. The quantitative estimate of drug-likeness (QED) is 0.285. The number of hydrogen-bond donors (Lipinski definition) is 0. The maximum absolute atomic E-state index is 10.9. The Balaban J connectivity index is 3.47.